The molecule has 5 heteroatoms. The van der Waals surface area contributed by atoms with Crippen LogP contribution in [0.5, 0.6) is 0 Å². The van der Waals surface area contributed by atoms with Gasteiger partial charge in [-0.2, -0.15) is 5.10 Å². The van der Waals surface area contributed by atoms with E-state index in [0.29, 0.717) is 17.7 Å². The average Bonchev–Trinajstić information content (AvgIpc) is 3.61. The summed E-state index contributed by atoms with van der Waals surface area (Å²) in [5.41, 5.74) is 3.41. The highest BCUT2D eigenvalue weighted by Crippen LogP contribution is 2.48. The van der Waals surface area contributed by atoms with Gasteiger partial charge in [0, 0.05) is 27.6 Å². The monoisotopic (exact) mass is 408 g/mol. The van der Waals surface area contributed by atoms with Gasteiger partial charge >= 0.3 is 0 Å². The van der Waals surface area contributed by atoms with Crippen LogP contribution in [0.4, 0.5) is 0 Å². The minimum absolute atomic E-state index is 0.218. The fourth-order valence-corrected chi connectivity index (χ4v) is 4.77. The van der Waals surface area contributed by atoms with Crippen LogP contribution in [0.2, 0.25) is 5.02 Å². The average molecular weight is 409 g/mol. The van der Waals surface area contributed by atoms with Crippen molar-refractivity contribution in [1.82, 2.24) is 9.78 Å². The lowest BCUT2D eigenvalue weighted by atomic mass is 10.0. The minimum atomic E-state index is 0.218. The zero-order valence-electron chi connectivity index (χ0n) is 15.6. The van der Waals surface area contributed by atoms with Gasteiger partial charge < -0.3 is 0 Å². The fraction of sp³-hybridized carbons (Fsp3) is 0.304. The van der Waals surface area contributed by atoms with E-state index in [9.17, 15) is 4.79 Å². The summed E-state index contributed by atoms with van der Waals surface area (Å²) in [5.74, 6) is 0.924. The smallest absolute Gasteiger partial charge is 0.133 e. The molecule has 3 nitrogen and oxygen atoms in total. The van der Waals surface area contributed by atoms with E-state index in [-0.39, 0.29) is 5.92 Å². The summed E-state index contributed by atoms with van der Waals surface area (Å²) in [4.78, 5) is 13.9. The summed E-state index contributed by atoms with van der Waals surface area (Å²) >= 11 is 7.75. The second-order valence-corrected chi connectivity index (χ2v) is 9.34. The number of halogens is 1. The van der Waals surface area contributed by atoms with E-state index in [1.165, 1.54) is 18.4 Å². The molecule has 2 unspecified atom stereocenters. The van der Waals surface area contributed by atoms with Crippen LogP contribution in [0.1, 0.15) is 43.7 Å². The molecule has 0 spiro atoms. The summed E-state index contributed by atoms with van der Waals surface area (Å²) in [6.45, 7) is 1.70. The Labute approximate surface area is 174 Å². The van der Waals surface area contributed by atoms with Crippen molar-refractivity contribution in [2.24, 2.45) is 5.92 Å². The van der Waals surface area contributed by atoms with Crippen LogP contribution in [0.25, 0.3) is 11.3 Å². The molecule has 0 aliphatic heterocycles. The Kier molecular flexibility index (Phi) is 4.56. The van der Waals surface area contributed by atoms with Crippen molar-refractivity contribution in [3.05, 3.63) is 65.3 Å². The number of hydrogen-bond donors (Lipinski definition) is 0. The number of ketones is 1. The van der Waals surface area contributed by atoms with Crippen LogP contribution in [0, 0.1) is 5.92 Å². The molecule has 5 rings (SSSR count). The largest absolute Gasteiger partial charge is 0.300 e. The third-order valence-corrected chi connectivity index (χ3v) is 6.86. The van der Waals surface area contributed by atoms with Crippen molar-refractivity contribution in [1.29, 1.82) is 0 Å². The zero-order valence-corrected chi connectivity index (χ0v) is 17.2. The normalized spacial score (nSPS) is 20.9. The highest BCUT2D eigenvalue weighted by Gasteiger charge is 2.41. The number of carbonyl (C=O) groups excluding carboxylic acids is 1. The van der Waals surface area contributed by atoms with Crippen molar-refractivity contribution < 1.29 is 4.79 Å². The van der Waals surface area contributed by atoms with E-state index in [1.54, 1.807) is 18.7 Å². The third-order valence-electron chi connectivity index (χ3n) is 5.59. The molecule has 0 radical (unpaired) electrons. The summed E-state index contributed by atoms with van der Waals surface area (Å²) in [6, 6.07) is 17.1. The summed E-state index contributed by atoms with van der Waals surface area (Å²) < 4.78 is 2.12. The van der Waals surface area contributed by atoms with Crippen molar-refractivity contribution in [3.63, 3.8) is 0 Å². The maximum absolute atomic E-state index is 11.6. The Morgan fingerprint density at radius 1 is 1.11 bits per heavy atom. The van der Waals surface area contributed by atoms with Gasteiger partial charge in [-0.15, -0.1) is 0 Å². The standard InChI is InChI=1S/C23H21ClN2OS/c1-14(27)20-12-21(20)15-2-4-16(5-3-15)23-22(13-26(25-23)18-8-9-18)28-19-10-6-17(24)7-11-19/h2-7,10-11,13,18,20-21H,8-9,12H2,1H3. The van der Waals surface area contributed by atoms with Gasteiger partial charge in [0.2, 0.25) is 0 Å². The number of Topliss-reactive ketones (excluding diaryl/α,β-unsaturated/α-hetero) is 1. The van der Waals surface area contributed by atoms with Gasteiger partial charge in [-0.25, -0.2) is 0 Å². The van der Waals surface area contributed by atoms with Crippen molar-refractivity contribution in [2.45, 2.75) is 47.9 Å². The molecule has 0 amide bonds. The molecule has 0 saturated heterocycles. The molecule has 1 aromatic heterocycles. The first-order valence-electron chi connectivity index (χ1n) is 9.72. The summed E-state index contributed by atoms with van der Waals surface area (Å²) in [7, 11) is 0. The molecule has 2 aliphatic rings. The van der Waals surface area contributed by atoms with Crippen LogP contribution in [0.15, 0.2) is 64.5 Å². The van der Waals surface area contributed by atoms with Crippen LogP contribution in [-0.4, -0.2) is 15.6 Å². The number of carbonyl (C=O) groups is 1. The predicted octanol–water partition coefficient (Wildman–Crippen LogP) is 6.38. The number of benzene rings is 2. The Balaban J connectivity index is 1.43. The molecule has 2 aromatic carbocycles. The Hall–Kier alpha value is -2.04. The van der Waals surface area contributed by atoms with Crippen molar-refractivity contribution in [3.8, 4) is 11.3 Å². The Morgan fingerprint density at radius 2 is 1.82 bits per heavy atom. The van der Waals surface area contributed by atoms with Gasteiger partial charge in [0.15, 0.2) is 0 Å². The van der Waals surface area contributed by atoms with Crippen LogP contribution in [0.3, 0.4) is 0 Å². The minimum Gasteiger partial charge on any atom is -0.300 e. The van der Waals surface area contributed by atoms with E-state index >= 15 is 0 Å². The van der Waals surface area contributed by atoms with Crippen LogP contribution >= 0.6 is 23.4 Å². The number of aromatic nitrogens is 2. The van der Waals surface area contributed by atoms with Gasteiger partial charge in [0.05, 0.1) is 10.9 Å². The van der Waals surface area contributed by atoms with E-state index in [0.717, 1.165) is 32.5 Å². The summed E-state index contributed by atoms with van der Waals surface area (Å²) in [6.07, 6.45) is 5.58. The van der Waals surface area contributed by atoms with Gasteiger partial charge in [-0.3, -0.25) is 9.48 Å². The number of rotatable bonds is 6. The molecule has 1 heterocycles. The van der Waals surface area contributed by atoms with Crippen LogP contribution in [-0.2, 0) is 4.79 Å². The van der Waals surface area contributed by atoms with Gasteiger partial charge in [0.25, 0.3) is 0 Å². The lowest BCUT2D eigenvalue weighted by Crippen LogP contribution is -1.95. The molecule has 3 aromatic rings. The molecule has 0 bridgehead atoms. The summed E-state index contributed by atoms with van der Waals surface area (Å²) in [5, 5.41) is 5.65. The molecule has 2 aliphatic carbocycles. The highest BCUT2D eigenvalue weighted by atomic mass is 35.5. The first-order chi connectivity index (χ1) is 13.6. The first-order valence-corrected chi connectivity index (χ1v) is 10.9. The topological polar surface area (TPSA) is 34.9 Å². The lowest BCUT2D eigenvalue weighted by Gasteiger charge is -2.05. The van der Waals surface area contributed by atoms with Gasteiger partial charge in [-0.1, -0.05) is 47.6 Å². The second kappa shape index (κ2) is 7.09. The molecular weight excluding hydrogens is 388 g/mol. The van der Waals surface area contributed by atoms with Crippen LogP contribution < -0.4 is 0 Å². The molecule has 2 saturated carbocycles. The lowest BCUT2D eigenvalue weighted by molar-refractivity contribution is -0.118. The predicted molar refractivity (Wildman–Crippen MR) is 113 cm³/mol. The molecule has 142 valence electrons. The van der Waals surface area contributed by atoms with Crippen molar-refractivity contribution >= 4 is 29.1 Å². The zero-order chi connectivity index (χ0) is 19.3. The number of hydrogen-bond acceptors (Lipinski definition) is 3. The molecule has 0 N–H and O–H groups in total. The molecular formula is C23H21ClN2OS. The third kappa shape index (κ3) is 3.63. The molecule has 2 fully saturated rings. The molecule has 2 atom stereocenters. The first kappa shape index (κ1) is 18.0. The number of nitrogens with zero attached hydrogens (tertiary/aromatic N) is 2. The van der Waals surface area contributed by atoms with Crippen molar-refractivity contribution in [2.75, 3.05) is 0 Å². The second-order valence-electron chi connectivity index (χ2n) is 7.79. The highest BCUT2D eigenvalue weighted by molar-refractivity contribution is 7.99. The van der Waals surface area contributed by atoms with Gasteiger partial charge in [-0.05, 0) is 61.9 Å². The van der Waals surface area contributed by atoms with Gasteiger partial charge in [0.1, 0.15) is 11.5 Å². The van der Waals surface area contributed by atoms with E-state index in [2.05, 4.69) is 35.1 Å². The van der Waals surface area contributed by atoms with E-state index < -0.39 is 0 Å². The maximum Gasteiger partial charge on any atom is 0.133 e. The maximum atomic E-state index is 11.6. The Morgan fingerprint density at radius 3 is 2.43 bits per heavy atom. The van der Waals surface area contributed by atoms with E-state index in [1.807, 2.05) is 24.3 Å². The SMILES string of the molecule is CC(=O)C1CC1c1ccc(-c2nn(C3CC3)cc2Sc2ccc(Cl)cc2)cc1. The Bertz CT molecular complexity index is 1020. The molecule has 28 heavy (non-hydrogen) atoms. The van der Waals surface area contributed by atoms with E-state index in [4.69, 9.17) is 16.7 Å². The quantitative estimate of drug-likeness (QED) is 0.474. The fourth-order valence-electron chi connectivity index (χ4n) is 3.71.